The average molecular weight is 268 g/mol. The van der Waals surface area contributed by atoms with Crippen LogP contribution in [0.1, 0.15) is 11.1 Å². The topological polar surface area (TPSA) is 83.1 Å². The molecule has 0 aliphatic rings. The summed E-state index contributed by atoms with van der Waals surface area (Å²) in [5.41, 5.74) is 1.71. The predicted octanol–water partition coefficient (Wildman–Crippen LogP) is 1.78. The van der Waals surface area contributed by atoms with Gasteiger partial charge in [0.2, 0.25) is 0 Å². The van der Waals surface area contributed by atoms with Gasteiger partial charge in [0, 0.05) is 11.8 Å². The van der Waals surface area contributed by atoms with Crippen LogP contribution in [0.5, 0.6) is 0 Å². The van der Waals surface area contributed by atoms with Gasteiger partial charge in [-0.1, -0.05) is 29.8 Å². The third-order valence-electron chi connectivity index (χ3n) is 2.95. The van der Waals surface area contributed by atoms with Crippen LogP contribution in [0.15, 0.2) is 41.3 Å². The van der Waals surface area contributed by atoms with Crippen LogP contribution in [0.25, 0.3) is 11.1 Å². The van der Waals surface area contributed by atoms with Crippen molar-refractivity contribution in [2.24, 2.45) is 0 Å². The molecule has 0 saturated carbocycles. The molecule has 0 bridgehead atoms. The summed E-state index contributed by atoms with van der Waals surface area (Å²) in [7, 11) is 0. The highest BCUT2D eigenvalue weighted by molar-refractivity contribution is 5.71. The highest BCUT2D eigenvalue weighted by Crippen LogP contribution is 2.21. The minimum absolute atomic E-state index is 0.0439. The molecule has 0 unspecified atom stereocenters. The van der Waals surface area contributed by atoms with Crippen LogP contribution < -0.4 is 5.56 Å². The minimum atomic E-state index is -1.13. The van der Waals surface area contributed by atoms with E-state index in [2.05, 4.69) is 0 Å². The number of aromatic nitrogens is 1. The van der Waals surface area contributed by atoms with Crippen molar-refractivity contribution in [3.63, 3.8) is 0 Å². The summed E-state index contributed by atoms with van der Waals surface area (Å²) < 4.78 is 1.01. The summed E-state index contributed by atoms with van der Waals surface area (Å²) in [5.74, 6) is -1.13. The third-order valence-corrected chi connectivity index (χ3v) is 2.95. The quantitative estimate of drug-likeness (QED) is 0.919. The average Bonchev–Trinajstić information content (AvgIpc) is 2.41. The first-order chi connectivity index (χ1) is 9.52. The zero-order valence-corrected chi connectivity index (χ0v) is 10.8. The van der Waals surface area contributed by atoms with Crippen LogP contribution in [-0.4, -0.2) is 15.6 Å². The highest BCUT2D eigenvalue weighted by Gasteiger charge is 2.12. The van der Waals surface area contributed by atoms with Crippen molar-refractivity contribution in [3.05, 3.63) is 58.0 Å². The van der Waals surface area contributed by atoms with Crippen molar-refractivity contribution in [2.75, 3.05) is 0 Å². The molecule has 0 amide bonds. The van der Waals surface area contributed by atoms with E-state index in [-0.39, 0.29) is 5.56 Å². The van der Waals surface area contributed by atoms with Gasteiger partial charge >= 0.3 is 5.97 Å². The van der Waals surface area contributed by atoms with Crippen molar-refractivity contribution < 1.29 is 9.90 Å². The van der Waals surface area contributed by atoms with Gasteiger partial charge in [0.05, 0.1) is 0 Å². The largest absolute Gasteiger partial charge is 0.480 e. The number of nitrogens with zero attached hydrogens (tertiary/aromatic N) is 2. The molecule has 0 aliphatic carbocycles. The van der Waals surface area contributed by atoms with Gasteiger partial charge in [-0.2, -0.15) is 5.26 Å². The summed E-state index contributed by atoms with van der Waals surface area (Å²) in [4.78, 5) is 22.7. The van der Waals surface area contributed by atoms with E-state index < -0.39 is 18.1 Å². The van der Waals surface area contributed by atoms with E-state index in [4.69, 9.17) is 10.4 Å². The van der Waals surface area contributed by atoms with E-state index in [0.717, 1.165) is 15.7 Å². The number of nitriles is 1. The molecule has 0 aliphatic heterocycles. The van der Waals surface area contributed by atoms with Crippen molar-refractivity contribution in [1.82, 2.24) is 4.57 Å². The summed E-state index contributed by atoms with van der Waals surface area (Å²) >= 11 is 0. The van der Waals surface area contributed by atoms with Crippen LogP contribution in [0.4, 0.5) is 0 Å². The Hall–Kier alpha value is -2.87. The normalized spacial score (nSPS) is 10.0. The first-order valence-corrected chi connectivity index (χ1v) is 5.95. The Morgan fingerprint density at radius 1 is 1.30 bits per heavy atom. The summed E-state index contributed by atoms with van der Waals surface area (Å²) in [6.07, 6.45) is 1.40. The van der Waals surface area contributed by atoms with E-state index in [1.54, 1.807) is 6.07 Å². The van der Waals surface area contributed by atoms with Gasteiger partial charge in [-0.3, -0.25) is 9.59 Å². The Bertz CT molecular complexity index is 752. The van der Waals surface area contributed by atoms with Gasteiger partial charge in [-0.05, 0) is 18.6 Å². The van der Waals surface area contributed by atoms with Gasteiger partial charge in [-0.15, -0.1) is 0 Å². The molecule has 1 aromatic carbocycles. The first kappa shape index (κ1) is 13.6. The first-order valence-electron chi connectivity index (χ1n) is 5.95. The molecule has 0 fully saturated rings. The minimum Gasteiger partial charge on any atom is -0.480 e. The van der Waals surface area contributed by atoms with Crippen LogP contribution in [0.2, 0.25) is 0 Å². The zero-order valence-electron chi connectivity index (χ0n) is 10.8. The Kier molecular flexibility index (Phi) is 3.67. The molecule has 2 rings (SSSR count). The van der Waals surface area contributed by atoms with E-state index >= 15 is 0 Å². The van der Waals surface area contributed by atoms with Crippen LogP contribution in [0, 0.1) is 18.3 Å². The number of aryl methyl sites for hydroxylation is 1. The molecule has 5 nitrogen and oxygen atoms in total. The monoisotopic (exact) mass is 268 g/mol. The van der Waals surface area contributed by atoms with Crippen molar-refractivity contribution >= 4 is 5.97 Å². The molecular formula is C15H12N2O3. The van der Waals surface area contributed by atoms with Gasteiger partial charge < -0.3 is 9.67 Å². The molecule has 1 aromatic heterocycles. The molecular weight excluding hydrogens is 256 g/mol. The number of hydrogen-bond donors (Lipinski definition) is 1. The molecule has 5 heteroatoms. The molecule has 20 heavy (non-hydrogen) atoms. The Balaban J connectivity index is 2.59. The number of rotatable bonds is 3. The SMILES string of the molecule is Cc1ccc(-c2ccn(CC(=O)O)c(=O)c2C#N)cc1. The summed E-state index contributed by atoms with van der Waals surface area (Å²) in [6.45, 7) is 1.49. The Labute approximate surface area is 115 Å². The maximum absolute atomic E-state index is 12.1. The number of benzene rings is 1. The molecule has 0 radical (unpaired) electrons. The Morgan fingerprint density at radius 2 is 1.95 bits per heavy atom. The molecule has 1 heterocycles. The van der Waals surface area contributed by atoms with Crippen molar-refractivity contribution in [1.29, 1.82) is 5.26 Å². The molecule has 100 valence electrons. The Morgan fingerprint density at radius 3 is 2.50 bits per heavy atom. The van der Waals surface area contributed by atoms with E-state index in [1.165, 1.54) is 6.20 Å². The second kappa shape index (κ2) is 5.41. The molecule has 0 saturated heterocycles. The van der Waals surface area contributed by atoms with Crippen LogP contribution >= 0.6 is 0 Å². The summed E-state index contributed by atoms with van der Waals surface area (Å²) in [6, 6.07) is 10.9. The molecule has 1 N–H and O–H groups in total. The van der Waals surface area contributed by atoms with E-state index in [1.807, 2.05) is 37.3 Å². The van der Waals surface area contributed by atoms with E-state index in [9.17, 15) is 9.59 Å². The lowest BCUT2D eigenvalue weighted by Gasteiger charge is -2.08. The second-order valence-electron chi connectivity index (χ2n) is 4.41. The van der Waals surface area contributed by atoms with Gasteiger partial charge in [0.15, 0.2) is 0 Å². The number of carboxylic acid groups (broad SMARTS) is 1. The van der Waals surface area contributed by atoms with Gasteiger partial charge in [0.1, 0.15) is 18.2 Å². The smallest absolute Gasteiger partial charge is 0.323 e. The van der Waals surface area contributed by atoms with Gasteiger partial charge in [0.25, 0.3) is 5.56 Å². The van der Waals surface area contributed by atoms with E-state index in [0.29, 0.717) is 5.56 Å². The van der Waals surface area contributed by atoms with Crippen molar-refractivity contribution in [2.45, 2.75) is 13.5 Å². The molecule has 0 spiro atoms. The number of pyridine rings is 1. The lowest BCUT2D eigenvalue weighted by Crippen LogP contribution is -2.26. The number of hydrogen-bond acceptors (Lipinski definition) is 3. The van der Waals surface area contributed by atoms with Crippen molar-refractivity contribution in [3.8, 4) is 17.2 Å². The maximum atomic E-state index is 12.1. The third kappa shape index (κ3) is 2.59. The van der Waals surface area contributed by atoms with Crippen LogP contribution in [-0.2, 0) is 11.3 Å². The van der Waals surface area contributed by atoms with Gasteiger partial charge in [-0.25, -0.2) is 0 Å². The fourth-order valence-corrected chi connectivity index (χ4v) is 1.93. The fraction of sp³-hybridized carbons (Fsp3) is 0.133. The maximum Gasteiger partial charge on any atom is 0.323 e. The standard InChI is InChI=1S/C15H12N2O3/c1-10-2-4-11(5-3-10)12-6-7-17(9-14(18)19)15(20)13(12)8-16/h2-7H,9H2,1H3,(H,18,19). The number of carbonyl (C=O) groups is 1. The van der Waals surface area contributed by atoms with Crippen LogP contribution in [0.3, 0.4) is 0 Å². The highest BCUT2D eigenvalue weighted by atomic mass is 16.4. The predicted molar refractivity (Wildman–Crippen MR) is 73.2 cm³/mol. The number of carboxylic acids is 1. The lowest BCUT2D eigenvalue weighted by molar-refractivity contribution is -0.137. The fourth-order valence-electron chi connectivity index (χ4n) is 1.93. The molecule has 0 atom stereocenters. The summed E-state index contributed by atoms with van der Waals surface area (Å²) in [5, 5.41) is 17.9. The second-order valence-corrected chi connectivity index (χ2v) is 4.41. The zero-order chi connectivity index (χ0) is 14.7. The molecule has 2 aromatic rings. The number of aliphatic carboxylic acids is 1. The lowest BCUT2D eigenvalue weighted by atomic mass is 10.0.